The second-order valence-electron chi connectivity index (χ2n) is 6.16. The quantitative estimate of drug-likeness (QED) is 0.752. The lowest BCUT2D eigenvalue weighted by Gasteiger charge is -2.29. The van der Waals surface area contributed by atoms with Crippen LogP contribution in [0.4, 0.5) is 14.5 Å². The van der Waals surface area contributed by atoms with Gasteiger partial charge in [0.25, 0.3) is 0 Å². The molecule has 1 aromatic rings. The number of hydrogen-bond acceptors (Lipinski definition) is 3. The van der Waals surface area contributed by atoms with Crippen LogP contribution < -0.4 is 4.90 Å². The summed E-state index contributed by atoms with van der Waals surface area (Å²) < 4.78 is 28.0. The third-order valence-corrected chi connectivity index (χ3v) is 4.04. The van der Waals surface area contributed by atoms with Crippen LogP contribution in [-0.4, -0.2) is 44.4 Å². The summed E-state index contributed by atoms with van der Waals surface area (Å²) in [5.74, 6) is -1.59. The molecule has 0 saturated carbocycles. The molecule has 1 saturated heterocycles. The van der Waals surface area contributed by atoms with Gasteiger partial charge >= 0.3 is 0 Å². The number of rotatable bonds is 6. The molecule has 0 aromatic heterocycles. The van der Waals surface area contributed by atoms with Crippen molar-refractivity contribution in [3.05, 3.63) is 29.3 Å². The number of benzene rings is 1. The minimum atomic E-state index is -0.756. The van der Waals surface area contributed by atoms with Gasteiger partial charge in [0.2, 0.25) is 0 Å². The van der Waals surface area contributed by atoms with Crippen molar-refractivity contribution < 1.29 is 13.6 Å². The van der Waals surface area contributed by atoms with E-state index in [9.17, 15) is 13.6 Å². The Morgan fingerprint density at radius 3 is 2.45 bits per heavy atom. The summed E-state index contributed by atoms with van der Waals surface area (Å²) in [5, 5.41) is 0. The van der Waals surface area contributed by atoms with E-state index in [1.807, 2.05) is 23.9 Å². The molecule has 1 fully saturated rings. The largest absolute Gasteiger partial charge is 0.369 e. The van der Waals surface area contributed by atoms with Crippen molar-refractivity contribution >= 4 is 11.5 Å². The minimum absolute atomic E-state index is 0.0146. The normalized spacial score (nSPS) is 15.4. The van der Waals surface area contributed by atoms with Crippen molar-refractivity contribution in [2.45, 2.75) is 32.1 Å². The Morgan fingerprint density at radius 2 is 1.82 bits per heavy atom. The van der Waals surface area contributed by atoms with Crippen LogP contribution in [0.25, 0.3) is 0 Å². The van der Waals surface area contributed by atoms with Crippen LogP contribution in [-0.2, 0) is 0 Å². The number of hydrogen-bond donors (Lipinski definition) is 0. The zero-order valence-electron chi connectivity index (χ0n) is 13.4. The average Bonchev–Trinajstić information content (AvgIpc) is 2.47. The summed E-state index contributed by atoms with van der Waals surface area (Å²) >= 11 is 0. The fourth-order valence-electron chi connectivity index (χ4n) is 2.82. The molecular formula is C17H24F2N2O. The zero-order valence-corrected chi connectivity index (χ0v) is 13.4. The van der Waals surface area contributed by atoms with Gasteiger partial charge in [-0.3, -0.25) is 4.79 Å². The Morgan fingerprint density at radius 1 is 1.14 bits per heavy atom. The molecule has 3 nitrogen and oxygen atoms in total. The lowest BCUT2D eigenvalue weighted by molar-refractivity contribution is 0.0973. The molecule has 5 heteroatoms. The molecule has 0 spiro atoms. The van der Waals surface area contributed by atoms with Crippen molar-refractivity contribution in [1.82, 2.24) is 4.90 Å². The van der Waals surface area contributed by atoms with E-state index < -0.39 is 11.6 Å². The Labute approximate surface area is 130 Å². The Hall–Kier alpha value is -1.49. The summed E-state index contributed by atoms with van der Waals surface area (Å²) in [5.41, 5.74) is 0.373. The molecule has 0 amide bonds. The molecule has 122 valence electrons. The van der Waals surface area contributed by atoms with Crippen LogP contribution in [0, 0.1) is 11.6 Å². The number of Topliss-reactive ketones (excluding diaryl/α,β-unsaturated/α-hetero) is 1. The summed E-state index contributed by atoms with van der Waals surface area (Å²) in [6.07, 6.45) is 4.09. The van der Waals surface area contributed by atoms with Gasteiger partial charge in [-0.15, -0.1) is 0 Å². The molecule has 22 heavy (non-hydrogen) atoms. The van der Waals surface area contributed by atoms with Gasteiger partial charge in [-0.25, -0.2) is 8.78 Å². The highest BCUT2D eigenvalue weighted by molar-refractivity contribution is 5.97. The third kappa shape index (κ3) is 4.26. The van der Waals surface area contributed by atoms with E-state index in [4.69, 9.17) is 0 Å². The standard InChI is InChI=1S/C17H24F2N2O/c1-20(2)8-6-7-17(22)13-11-16(15(19)12-14(13)18)21-9-4-3-5-10-21/h11-12H,3-10H2,1-2H3. The summed E-state index contributed by atoms with van der Waals surface area (Å²) in [7, 11) is 3.86. The number of carbonyl (C=O) groups is 1. The minimum Gasteiger partial charge on any atom is -0.369 e. The molecule has 1 heterocycles. The lowest BCUT2D eigenvalue weighted by Crippen LogP contribution is -2.30. The predicted molar refractivity (Wildman–Crippen MR) is 84.5 cm³/mol. The van der Waals surface area contributed by atoms with Crippen LogP contribution in [0.1, 0.15) is 42.5 Å². The Kier molecular flexibility index (Phi) is 5.89. The van der Waals surface area contributed by atoms with Crippen LogP contribution in [0.3, 0.4) is 0 Å². The molecule has 0 bridgehead atoms. The van der Waals surface area contributed by atoms with Crippen LogP contribution in [0.2, 0.25) is 0 Å². The zero-order chi connectivity index (χ0) is 16.1. The number of anilines is 1. The van der Waals surface area contributed by atoms with Gasteiger partial charge in [0, 0.05) is 25.6 Å². The van der Waals surface area contributed by atoms with E-state index in [-0.39, 0.29) is 17.8 Å². The van der Waals surface area contributed by atoms with Crippen molar-refractivity contribution in [2.24, 2.45) is 0 Å². The molecule has 0 N–H and O–H groups in total. The van der Waals surface area contributed by atoms with E-state index in [0.717, 1.165) is 45.0 Å². The molecular weight excluding hydrogens is 286 g/mol. The SMILES string of the molecule is CN(C)CCCC(=O)c1cc(N2CCCCC2)c(F)cc1F. The van der Waals surface area contributed by atoms with Gasteiger partial charge in [-0.2, -0.15) is 0 Å². The Balaban J connectivity index is 2.14. The lowest BCUT2D eigenvalue weighted by atomic mass is 10.0. The van der Waals surface area contributed by atoms with Crippen molar-refractivity contribution in [3.63, 3.8) is 0 Å². The average molecular weight is 310 g/mol. The topological polar surface area (TPSA) is 23.6 Å². The molecule has 1 aliphatic rings. The third-order valence-electron chi connectivity index (χ3n) is 4.04. The summed E-state index contributed by atoms with van der Waals surface area (Å²) in [6.45, 7) is 2.29. The first-order valence-electron chi connectivity index (χ1n) is 7.91. The summed E-state index contributed by atoms with van der Waals surface area (Å²) in [4.78, 5) is 16.1. The molecule has 0 aliphatic carbocycles. The molecule has 0 unspecified atom stereocenters. The van der Waals surface area contributed by atoms with E-state index in [2.05, 4.69) is 0 Å². The van der Waals surface area contributed by atoms with Gasteiger partial charge in [-0.1, -0.05) is 0 Å². The number of ketones is 1. The van der Waals surface area contributed by atoms with Gasteiger partial charge in [-0.05, 0) is 52.4 Å². The number of halogens is 2. The first-order chi connectivity index (χ1) is 10.5. The second kappa shape index (κ2) is 7.68. The number of carbonyl (C=O) groups excluding carboxylic acids is 1. The highest BCUT2D eigenvalue weighted by Crippen LogP contribution is 2.27. The molecule has 1 aromatic carbocycles. The van der Waals surface area contributed by atoms with E-state index in [1.165, 1.54) is 6.07 Å². The second-order valence-corrected chi connectivity index (χ2v) is 6.16. The van der Waals surface area contributed by atoms with Crippen LogP contribution in [0.15, 0.2) is 12.1 Å². The van der Waals surface area contributed by atoms with Crippen molar-refractivity contribution in [1.29, 1.82) is 0 Å². The van der Waals surface area contributed by atoms with Crippen LogP contribution in [0.5, 0.6) is 0 Å². The maximum absolute atomic E-state index is 14.0. The van der Waals surface area contributed by atoms with Gasteiger partial charge in [0.15, 0.2) is 5.78 Å². The fraction of sp³-hybridized carbons (Fsp3) is 0.588. The molecule has 1 aliphatic heterocycles. The van der Waals surface area contributed by atoms with Gasteiger partial charge in [0.05, 0.1) is 11.3 Å². The number of piperidine rings is 1. The van der Waals surface area contributed by atoms with Gasteiger partial charge in [0.1, 0.15) is 11.6 Å². The van der Waals surface area contributed by atoms with Crippen molar-refractivity contribution in [3.8, 4) is 0 Å². The smallest absolute Gasteiger partial charge is 0.165 e. The molecule has 0 atom stereocenters. The first kappa shape index (κ1) is 16.9. The highest BCUT2D eigenvalue weighted by Gasteiger charge is 2.20. The molecule has 2 rings (SSSR count). The fourth-order valence-corrected chi connectivity index (χ4v) is 2.82. The predicted octanol–water partition coefficient (Wildman–Crippen LogP) is 3.48. The monoisotopic (exact) mass is 310 g/mol. The summed E-state index contributed by atoms with van der Waals surface area (Å²) in [6, 6.07) is 2.25. The van der Waals surface area contributed by atoms with Crippen molar-refractivity contribution in [2.75, 3.05) is 38.6 Å². The van der Waals surface area contributed by atoms with E-state index in [1.54, 1.807) is 0 Å². The number of nitrogens with zero attached hydrogens (tertiary/aromatic N) is 2. The maximum atomic E-state index is 14.0. The van der Waals surface area contributed by atoms with E-state index >= 15 is 0 Å². The van der Waals surface area contributed by atoms with Gasteiger partial charge < -0.3 is 9.80 Å². The van der Waals surface area contributed by atoms with E-state index in [0.29, 0.717) is 12.1 Å². The van der Waals surface area contributed by atoms with Crippen LogP contribution >= 0.6 is 0 Å². The molecule has 0 radical (unpaired) electrons. The first-order valence-corrected chi connectivity index (χ1v) is 7.91. The maximum Gasteiger partial charge on any atom is 0.165 e. The highest BCUT2D eigenvalue weighted by atomic mass is 19.1. The Bertz CT molecular complexity index is 526.